The SMILES string of the molecule is CC(CCS(C)=O)NC(=O)c1cc(S)cs1. The molecule has 1 aromatic heterocycles. The van der Waals surface area contributed by atoms with Gasteiger partial charge in [-0.2, -0.15) is 0 Å². The van der Waals surface area contributed by atoms with Gasteiger partial charge in [0.15, 0.2) is 0 Å². The van der Waals surface area contributed by atoms with Crippen LogP contribution in [0.5, 0.6) is 0 Å². The van der Waals surface area contributed by atoms with Gasteiger partial charge in [-0.15, -0.1) is 24.0 Å². The molecular formula is C10H15NO2S3. The Kier molecular flexibility index (Phi) is 5.51. The number of carbonyl (C=O) groups is 1. The molecular weight excluding hydrogens is 262 g/mol. The van der Waals surface area contributed by atoms with Gasteiger partial charge in [0.25, 0.3) is 5.91 Å². The summed E-state index contributed by atoms with van der Waals surface area (Å²) in [5, 5.41) is 4.69. The minimum absolute atomic E-state index is 0.0434. The highest BCUT2D eigenvalue weighted by Crippen LogP contribution is 2.17. The normalized spacial score (nSPS) is 14.4. The van der Waals surface area contributed by atoms with Crippen LogP contribution in [0.3, 0.4) is 0 Å². The Morgan fingerprint density at radius 2 is 2.38 bits per heavy atom. The molecule has 3 nitrogen and oxygen atoms in total. The van der Waals surface area contributed by atoms with E-state index in [1.807, 2.05) is 12.3 Å². The van der Waals surface area contributed by atoms with Gasteiger partial charge >= 0.3 is 0 Å². The van der Waals surface area contributed by atoms with E-state index in [1.54, 1.807) is 12.3 Å². The number of thiophene rings is 1. The number of nitrogens with one attached hydrogen (secondary N) is 1. The van der Waals surface area contributed by atoms with E-state index in [1.165, 1.54) is 11.3 Å². The molecule has 0 aliphatic rings. The largest absolute Gasteiger partial charge is 0.349 e. The second-order valence-electron chi connectivity index (χ2n) is 3.61. The zero-order valence-electron chi connectivity index (χ0n) is 9.23. The molecule has 1 N–H and O–H groups in total. The Morgan fingerprint density at radius 3 is 2.88 bits per heavy atom. The van der Waals surface area contributed by atoms with Gasteiger partial charge < -0.3 is 5.32 Å². The van der Waals surface area contributed by atoms with Crippen molar-refractivity contribution in [3.8, 4) is 0 Å². The topological polar surface area (TPSA) is 46.2 Å². The molecule has 2 atom stereocenters. The molecule has 1 heterocycles. The molecule has 0 aromatic carbocycles. The van der Waals surface area contributed by atoms with E-state index in [9.17, 15) is 9.00 Å². The van der Waals surface area contributed by atoms with Gasteiger partial charge in [-0.1, -0.05) is 0 Å². The van der Waals surface area contributed by atoms with E-state index in [-0.39, 0.29) is 11.9 Å². The van der Waals surface area contributed by atoms with Crippen LogP contribution in [-0.4, -0.2) is 28.2 Å². The van der Waals surface area contributed by atoms with E-state index in [0.717, 1.165) is 11.3 Å². The molecule has 0 aliphatic heterocycles. The lowest BCUT2D eigenvalue weighted by atomic mass is 10.2. The van der Waals surface area contributed by atoms with Crippen molar-refractivity contribution in [3.63, 3.8) is 0 Å². The van der Waals surface area contributed by atoms with E-state index in [0.29, 0.717) is 10.6 Å². The number of hydrogen-bond acceptors (Lipinski definition) is 4. The Morgan fingerprint density at radius 1 is 1.69 bits per heavy atom. The summed E-state index contributed by atoms with van der Waals surface area (Å²) in [4.78, 5) is 13.2. The number of rotatable bonds is 5. The fourth-order valence-electron chi connectivity index (χ4n) is 1.16. The lowest BCUT2D eigenvalue weighted by molar-refractivity contribution is 0.0943. The van der Waals surface area contributed by atoms with Gasteiger partial charge in [-0.05, 0) is 19.4 Å². The van der Waals surface area contributed by atoms with E-state index < -0.39 is 10.8 Å². The average molecular weight is 277 g/mol. The minimum atomic E-state index is -0.802. The fraction of sp³-hybridized carbons (Fsp3) is 0.500. The molecule has 0 fully saturated rings. The third kappa shape index (κ3) is 4.67. The first-order chi connectivity index (χ1) is 7.49. The van der Waals surface area contributed by atoms with Crippen molar-refractivity contribution in [2.75, 3.05) is 12.0 Å². The number of thiol groups is 1. The molecule has 0 saturated heterocycles. The van der Waals surface area contributed by atoms with Crippen molar-refractivity contribution in [1.82, 2.24) is 5.32 Å². The number of carbonyl (C=O) groups excluding carboxylic acids is 1. The molecule has 0 aliphatic carbocycles. The van der Waals surface area contributed by atoms with E-state index in [2.05, 4.69) is 17.9 Å². The van der Waals surface area contributed by atoms with Gasteiger partial charge in [0, 0.05) is 39.1 Å². The summed E-state index contributed by atoms with van der Waals surface area (Å²) >= 11 is 5.52. The van der Waals surface area contributed by atoms with Crippen LogP contribution in [0.15, 0.2) is 16.3 Å². The fourth-order valence-corrected chi connectivity index (χ4v) is 2.89. The zero-order valence-corrected chi connectivity index (χ0v) is 11.8. The predicted octanol–water partition coefficient (Wildman–Crippen LogP) is 1.92. The van der Waals surface area contributed by atoms with Crippen molar-refractivity contribution >= 4 is 40.7 Å². The predicted molar refractivity (Wildman–Crippen MR) is 72.0 cm³/mol. The van der Waals surface area contributed by atoms with Crippen LogP contribution in [0.4, 0.5) is 0 Å². The Balaban J connectivity index is 2.42. The quantitative estimate of drug-likeness (QED) is 0.808. The summed E-state index contributed by atoms with van der Waals surface area (Å²) in [6.07, 6.45) is 2.40. The third-order valence-corrected chi connectivity index (χ3v) is 4.20. The smallest absolute Gasteiger partial charge is 0.261 e. The van der Waals surface area contributed by atoms with Crippen molar-refractivity contribution < 1.29 is 9.00 Å². The lowest BCUT2D eigenvalue weighted by Gasteiger charge is -2.11. The van der Waals surface area contributed by atoms with Crippen LogP contribution < -0.4 is 5.32 Å². The van der Waals surface area contributed by atoms with E-state index >= 15 is 0 Å². The van der Waals surface area contributed by atoms with Crippen LogP contribution in [0, 0.1) is 0 Å². The Hall–Kier alpha value is -0.330. The molecule has 6 heteroatoms. The molecule has 1 rings (SSSR count). The highest BCUT2D eigenvalue weighted by Gasteiger charge is 2.11. The van der Waals surface area contributed by atoms with Crippen molar-refractivity contribution in [2.24, 2.45) is 0 Å². The lowest BCUT2D eigenvalue weighted by Crippen LogP contribution is -2.33. The van der Waals surface area contributed by atoms with Gasteiger partial charge in [-0.3, -0.25) is 9.00 Å². The summed E-state index contributed by atoms with van der Waals surface area (Å²) < 4.78 is 10.9. The second kappa shape index (κ2) is 6.42. The maximum atomic E-state index is 11.7. The van der Waals surface area contributed by atoms with Crippen LogP contribution in [0.1, 0.15) is 23.0 Å². The first kappa shape index (κ1) is 13.7. The highest BCUT2D eigenvalue weighted by atomic mass is 32.2. The third-order valence-electron chi connectivity index (χ3n) is 2.03. The Bertz CT molecular complexity index is 389. The van der Waals surface area contributed by atoms with Crippen LogP contribution in [-0.2, 0) is 10.8 Å². The highest BCUT2D eigenvalue weighted by molar-refractivity contribution is 7.84. The van der Waals surface area contributed by atoms with Gasteiger partial charge in [0.05, 0.1) is 4.88 Å². The van der Waals surface area contributed by atoms with Gasteiger partial charge in [0.2, 0.25) is 0 Å². The van der Waals surface area contributed by atoms with Crippen LogP contribution in [0.2, 0.25) is 0 Å². The first-order valence-electron chi connectivity index (χ1n) is 4.87. The molecule has 1 amide bonds. The van der Waals surface area contributed by atoms with Crippen molar-refractivity contribution in [2.45, 2.75) is 24.3 Å². The minimum Gasteiger partial charge on any atom is -0.349 e. The standard InChI is InChI=1S/C10H15NO2S3/c1-7(3-4-16(2)13)11-10(12)9-5-8(14)6-15-9/h5-7,14H,3-4H2,1-2H3,(H,11,12). The molecule has 0 spiro atoms. The molecule has 1 aromatic rings. The summed E-state index contributed by atoms with van der Waals surface area (Å²) in [6.45, 7) is 1.92. The number of amides is 1. The van der Waals surface area contributed by atoms with Gasteiger partial charge in [0.1, 0.15) is 0 Å². The monoisotopic (exact) mass is 277 g/mol. The zero-order chi connectivity index (χ0) is 12.1. The van der Waals surface area contributed by atoms with Gasteiger partial charge in [-0.25, -0.2) is 0 Å². The van der Waals surface area contributed by atoms with Crippen LogP contribution >= 0.6 is 24.0 Å². The molecule has 0 radical (unpaired) electrons. The summed E-state index contributed by atoms with van der Waals surface area (Å²) in [5.41, 5.74) is 0. The maximum Gasteiger partial charge on any atom is 0.261 e. The maximum absolute atomic E-state index is 11.7. The van der Waals surface area contributed by atoms with E-state index in [4.69, 9.17) is 0 Å². The molecule has 90 valence electrons. The molecule has 0 bridgehead atoms. The van der Waals surface area contributed by atoms with Crippen molar-refractivity contribution in [1.29, 1.82) is 0 Å². The first-order valence-corrected chi connectivity index (χ1v) is 7.93. The summed E-state index contributed by atoms with van der Waals surface area (Å²) in [5.74, 6) is 0.531. The molecule has 16 heavy (non-hydrogen) atoms. The average Bonchev–Trinajstić information content (AvgIpc) is 2.62. The molecule has 0 saturated carbocycles. The second-order valence-corrected chi connectivity index (χ2v) is 6.59. The van der Waals surface area contributed by atoms with Crippen molar-refractivity contribution in [3.05, 3.63) is 16.3 Å². The number of hydrogen-bond donors (Lipinski definition) is 2. The summed E-state index contributed by atoms with van der Waals surface area (Å²) in [7, 11) is -0.802. The molecule has 2 unspecified atom stereocenters. The Labute approximate surface area is 108 Å². The summed E-state index contributed by atoms with van der Waals surface area (Å²) in [6, 6.07) is 1.79. The van der Waals surface area contributed by atoms with Crippen LogP contribution in [0.25, 0.3) is 0 Å².